The molecule has 0 amide bonds. The van der Waals surface area contributed by atoms with Crippen molar-refractivity contribution in [1.82, 2.24) is 0 Å². The molecule has 1 saturated heterocycles. The van der Waals surface area contributed by atoms with Gasteiger partial charge in [0.15, 0.2) is 0 Å². The first-order valence-corrected chi connectivity index (χ1v) is 11.9. The molecule has 5 heteroatoms. The molecule has 0 spiro atoms. The van der Waals surface area contributed by atoms with Crippen LogP contribution in [0.1, 0.15) is 25.0 Å². The maximum Gasteiger partial charge on any atom is 0.351 e. The molecule has 4 nitrogen and oxygen atoms in total. The van der Waals surface area contributed by atoms with Crippen molar-refractivity contribution in [3.63, 3.8) is 0 Å². The van der Waals surface area contributed by atoms with Gasteiger partial charge in [0.1, 0.15) is 8.07 Å². The van der Waals surface area contributed by atoms with Gasteiger partial charge in [-0.05, 0) is 18.9 Å². The Kier molecular flexibility index (Phi) is 5.86. The number of carbonyl (C=O) groups is 1. The van der Waals surface area contributed by atoms with Crippen molar-refractivity contribution in [2.24, 2.45) is 5.92 Å². The average Bonchev–Trinajstić information content (AvgIpc) is 3.03. The van der Waals surface area contributed by atoms with Gasteiger partial charge < -0.3 is 14.6 Å². The van der Waals surface area contributed by atoms with E-state index < -0.39 is 25.6 Å². The first-order chi connectivity index (χ1) is 11.3. The predicted octanol–water partition coefficient (Wildman–Crippen LogP) is 2.94. The molecule has 1 fully saturated rings. The smallest absolute Gasteiger partial charge is 0.351 e. The molecule has 1 aromatic rings. The molecule has 24 heavy (non-hydrogen) atoms. The van der Waals surface area contributed by atoms with Gasteiger partial charge in [0, 0.05) is 5.92 Å². The Morgan fingerprint density at radius 3 is 2.62 bits per heavy atom. The minimum atomic E-state index is -1.81. The molecule has 1 aliphatic rings. The lowest BCUT2D eigenvalue weighted by atomic mass is 9.85. The molecule has 0 aliphatic carbocycles. The van der Waals surface area contributed by atoms with Gasteiger partial charge in [-0.15, -0.1) is 5.54 Å². The van der Waals surface area contributed by atoms with Crippen LogP contribution in [0.15, 0.2) is 30.3 Å². The zero-order chi connectivity index (χ0) is 17.8. The van der Waals surface area contributed by atoms with E-state index in [4.69, 9.17) is 9.47 Å². The van der Waals surface area contributed by atoms with Crippen molar-refractivity contribution in [3.8, 4) is 11.5 Å². The fraction of sp³-hybridized carbons (Fsp3) is 0.526. The molecule has 1 heterocycles. The predicted molar refractivity (Wildman–Crippen MR) is 95.9 cm³/mol. The minimum Gasteiger partial charge on any atom is -0.463 e. The van der Waals surface area contributed by atoms with Crippen LogP contribution in [0.2, 0.25) is 19.6 Å². The number of carbonyl (C=O) groups excluding carboxylic acids is 1. The van der Waals surface area contributed by atoms with E-state index >= 15 is 0 Å². The van der Waals surface area contributed by atoms with Crippen LogP contribution >= 0.6 is 0 Å². The van der Waals surface area contributed by atoms with E-state index in [0.717, 1.165) is 5.56 Å². The highest BCUT2D eigenvalue weighted by atomic mass is 28.3. The second-order valence-corrected chi connectivity index (χ2v) is 11.9. The Labute approximate surface area is 145 Å². The lowest BCUT2D eigenvalue weighted by Gasteiger charge is -2.26. The fourth-order valence-electron chi connectivity index (χ4n) is 2.66. The highest BCUT2D eigenvalue weighted by molar-refractivity contribution is 6.83. The number of rotatable bonds is 4. The van der Waals surface area contributed by atoms with E-state index in [1.807, 2.05) is 30.3 Å². The van der Waals surface area contributed by atoms with Crippen molar-refractivity contribution in [1.29, 1.82) is 0 Å². The Hall–Kier alpha value is -1.61. The van der Waals surface area contributed by atoms with Gasteiger partial charge in [-0.2, -0.15) is 0 Å². The van der Waals surface area contributed by atoms with Crippen molar-refractivity contribution in [2.75, 3.05) is 13.2 Å². The van der Waals surface area contributed by atoms with Crippen molar-refractivity contribution < 1.29 is 19.4 Å². The molecule has 1 N–H and O–H groups in total. The molecule has 1 aromatic carbocycles. The second kappa shape index (κ2) is 7.52. The van der Waals surface area contributed by atoms with Crippen LogP contribution in [0.3, 0.4) is 0 Å². The van der Waals surface area contributed by atoms with Gasteiger partial charge in [-0.25, -0.2) is 4.79 Å². The minimum absolute atomic E-state index is 0.133. The van der Waals surface area contributed by atoms with Crippen LogP contribution in [0, 0.1) is 17.4 Å². The summed E-state index contributed by atoms with van der Waals surface area (Å²) in [5.41, 5.74) is 2.36. The monoisotopic (exact) mass is 346 g/mol. The number of hydrogen-bond acceptors (Lipinski definition) is 4. The summed E-state index contributed by atoms with van der Waals surface area (Å²) in [5, 5.41) is 11.0. The normalized spacial score (nSPS) is 23.0. The summed E-state index contributed by atoms with van der Waals surface area (Å²) in [5.74, 6) is 1.78. The van der Waals surface area contributed by atoms with Crippen LogP contribution in [0.4, 0.5) is 0 Å². The average molecular weight is 346 g/mol. The Morgan fingerprint density at radius 1 is 1.38 bits per heavy atom. The SMILES string of the molecule is CCOC(=O)[C@](O)(C#C[Si](C)(C)C)[C@H]1CO[C@H](c2ccccc2)C1. The highest BCUT2D eigenvalue weighted by Crippen LogP contribution is 2.38. The molecular formula is C19H26O4Si. The molecule has 1 aliphatic heterocycles. The third-order valence-electron chi connectivity index (χ3n) is 3.97. The first-order valence-electron chi connectivity index (χ1n) is 8.36. The van der Waals surface area contributed by atoms with Crippen LogP contribution in [-0.2, 0) is 14.3 Å². The molecule has 130 valence electrons. The lowest BCUT2D eigenvalue weighted by molar-refractivity contribution is -0.163. The van der Waals surface area contributed by atoms with Gasteiger partial charge in [0.25, 0.3) is 0 Å². The van der Waals surface area contributed by atoms with Crippen LogP contribution in [0.25, 0.3) is 0 Å². The molecule has 0 aromatic heterocycles. The standard InChI is InChI=1S/C19H26O4Si/c1-5-22-18(20)19(21,11-12-24(2,3)4)16-13-17(23-14-16)15-9-7-6-8-10-15/h6-10,16-17,21H,5,13-14H2,1-4H3/t16-,17+,19+/m1/s1. The zero-order valence-corrected chi connectivity index (χ0v) is 15.8. The summed E-state index contributed by atoms with van der Waals surface area (Å²) in [6.07, 6.45) is 0.408. The quantitative estimate of drug-likeness (QED) is 0.517. The van der Waals surface area contributed by atoms with Crippen LogP contribution in [-0.4, -0.2) is 38.0 Å². The van der Waals surface area contributed by atoms with E-state index in [0.29, 0.717) is 6.42 Å². The van der Waals surface area contributed by atoms with E-state index in [1.54, 1.807) is 6.92 Å². The lowest BCUT2D eigenvalue weighted by Crippen LogP contribution is -2.46. The third kappa shape index (κ3) is 4.47. The fourth-order valence-corrected chi connectivity index (χ4v) is 3.23. The maximum absolute atomic E-state index is 12.4. The summed E-state index contributed by atoms with van der Waals surface area (Å²) in [6.45, 7) is 8.44. The van der Waals surface area contributed by atoms with Crippen molar-refractivity contribution in [2.45, 2.75) is 44.7 Å². The third-order valence-corrected chi connectivity index (χ3v) is 4.85. The number of esters is 1. The van der Waals surface area contributed by atoms with E-state index in [1.165, 1.54) is 0 Å². The van der Waals surface area contributed by atoms with Gasteiger partial charge in [-0.3, -0.25) is 0 Å². The van der Waals surface area contributed by atoms with Crippen LogP contribution in [0.5, 0.6) is 0 Å². The Balaban J connectivity index is 2.25. The molecule has 0 bridgehead atoms. The topological polar surface area (TPSA) is 55.8 Å². The molecule has 0 radical (unpaired) electrons. The summed E-state index contributed by atoms with van der Waals surface area (Å²) < 4.78 is 10.9. The largest absolute Gasteiger partial charge is 0.463 e. The first kappa shape index (κ1) is 18.7. The number of benzene rings is 1. The van der Waals surface area contributed by atoms with Crippen molar-refractivity contribution in [3.05, 3.63) is 35.9 Å². The van der Waals surface area contributed by atoms with E-state index in [2.05, 4.69) is 31.1 Å². The number of hydrogen-bond donors (Lipinski definition) is 1. The highest BCUT2D eigenvalue weighted by Gasteiger charge is 2.48. The zero-order valence-electron chi connectivity index (χ0n) is 14.8. The van der Waals surface area contributed by atoms with Gasteiger partial charge >= 0.3 is 5.97 Å². The molecule has 3 atom stereocenters. The number of aliphatic hydroxyl groups is 1. The maximum atomic E-state index is 12.4. The second-order valence-electron chi connectivity index (χ2n) is 7.15. The summed E-state index contributed by atoms with van der Waals surface area (Å²) in [6, 6.07) is 9.84. The summed E-state index contributed by atoms with van der Waals surface area (Å²) in [7, 11) is -1.74. The van der Waals surface area contributed by atoms with E-state index in [9.17, 15) is 9.90 Å². The van der Waals surface area contributed by atoms with E-state index in [-0.39, 0.29) is 19.3 Å². The molecule has 2 rings (SSSR count). The van der Waals surface area contributed by atoms with Crippen LogP contribution < -0.4 is 0 Å². The van der Waals surface area contributed by atoms with Gasteiger partial charge in [0.2, 0.25) is 5.60 Å². The Morgan fingerprint density at radius 2 is 2.04 bits per heavy atom. The summed E-state index contributed by atoms with van der Waals surface area (Å²) in [4.78, 5) is 12.4. The van der Waals surface area contributed by atoms with Gasteiger partial charge in [-0.1, -0.05) is 55.9 Å². The number of ether oxygens (including phenoxy) is 2. The van der Waals surface area contributed by atoms with Crippen molar-refractivity contribution >= 4 is 14.0 Å². The Bertz CT molecular complexity index is 626. The summed E-state index contributed by atoms with van der Waals surface area (Å²) >= 11 is 0. The van der Waals surface area contributed by atoms with Gasteiger partial charge in [0.05, 0.1) is 19.3 Å². The molecular weight excluding hydrogens is 320 g/mol. The molecule has 0 unspecified atom stereocenters. The molecule has 0 saturated carbocycles.